The van der Waals surface area contributed by atoms with Crippen LogP contribution in [0.4, 0.5) is 0 Å². The Morgan fingerprint density at radius 2 is 2.00 bits per heavy atom. The number of hydrogen-bond acceptors (Lipinski definition) is 5. The highest BCUT2D eigenvalue weighted by atomic mass is 16.7. The quantitative estimate of drug-likeness (QED) is 0.706. The fourth-order valence-electron chi connectivity index (χ4n) is 5.00. The van der Waals surface area contributed by atoms with Crippen molar-refractivity contribution in [2.24, 2.45) is 5.92 Å². The first kappa shape index (κ1) is 11.7. The molecule has 1 aromatic rings. The fourth-order valence-corrected chi connectivity index (χ4v) is 5.00. The maximum atomic E-state index is 12.9. The Morgan fingerprint density at radius 3 is 2.86 bits per heavy atom. The van der Waals surface area contributed by atoms with Gasteiger partial charge in [0.2, 0.25) is 6.79 Å². The smallest absolute Gasteiger partial charge is 0.254 e. The average molecular weight is 301 g/mol. The van der Waals surface area contributed by atoms with E-state index in [4.69, 9.17) is 14.2 Å². The number of carbonyl (C=O) groups is 1. The third kappa shape index (κ3) is 1.19. The van der Waals surface area contributed by atoms with E-state index in [1.54, 1.807) is 6.07 Å². The Bertz CT molecular complexity index is 719. The largest absolute Gasteiger partial charge is 0.454 e. The molecule has 0 radical (unpaired) electrons. The molecule has 0 aromatic heterocycles. The lowest BCUT2D eigenvalue weighted by atomic mass is 9.69. The van der Waals surface area contributed by atoms with E-state index in [1.807, 2.05) is 11.0 Å². The summed E-state index contributed by atoms with van der Waals surface area (Å²) in [6.07, 6.45) is 0.461. The van der Waals surface area contributed by atoms with Crippen LogP contribution in [-0.2, 0) is 4.74 Å². The summed E-state index contributed by atoms with van der Waals surface area (Å²) in [5.74, 6) is 1.59. The zero-order valence-electron chi connectivity index (χ0n) is 11.8. The first-order valence-corrected chi connectivity index (χ1v) is 7.82. The summed E-state index contributed by atoms with van der Waals surface area (Å²) in [6.45, 7) is 0.932. The van der Waals surface area contributed by atoms with Gasteiger partial charge in [0.05, 0.1) is 12.2 Å². The van der Waals surface area contributed by atoms with E-state index in [0.29, 0.717) is 23.0 Å². The molecule has 1 aliphatic carbocycles. The van der Waals surface area contributed by atoms with Gasteiger partial charge in [0.1, 0.15) is 6.10 Å². The number of amides is 1. The van der Waals surface area contributed by atoms with E-state index in [-0.39, 0.29) is 36.9 Å². The first-order valence-electron chi connectivity index (χ1n) is 7.82. The number of epoxide rings is 1. The Kier molecular flexibility index (Phi) is 1.91. The molecule has 1 saturated carbocycles. The Hall–Kier alpha value is -1.79. The molecule has 3 fully saturated rings. The highest BCUT2D eigenvalue weighted by Gasteiger charge is 2.65. The molecule has 1 amide bonds. The van der Waals surface area contributed by atoms with E-state index in [2.05, 4.69) is 0 Å². The second-order valence-corrected chi connectivity index (χ2v) is 6.82. The predicted octanol–water partition coefficient (Wildman–Crippen LogP) is 0.485. The van der Waals surface area contributed by atoms with Crippen LogP contribution in [0.2, 0.25) is 0 Å². The lowest BCUT2D eigenvalue weighted by molar-refractivity contribution is 0.0351. The van der Waals surface area contributed by atoms with Crippen LogP contribution in [0.25, 0.3) is 0 Å². The van der Waals surface area contributed by atoms with Crippen LogP contribution in [-0.4, -0.2) is 53.6 Å². The van der Waals surface area contributed by atoms with E-state index < -0.39 is 6.10 Å². The molecule has 6 atom stereocenters. The topological polar surface area (TPSA) is 71.5 Å². The van der Waals surface area contributed by atoms with Gasteiger partial charge >= 0.3 is 0 Å². The number of ether oxygens (including phenoxy) is 3. The molecule has 6 rings (SSSR count). The van der Waals surface area contributed by atoms with Crippen molar-refractivity contribution < 1.29 is 24.1 Å². The number of fused-ring (bicyclic) bond motifs is 5. The molecule has 0 bridgehead atoms. The third-order valence-corrected chi connectivity index (χ3v) is 5.95. The van der Waals surface area contributed by atoms with Gasteiger partial charge in [0, 0.05) is 30.0 Å². The van der Waals surface area contributed by atoms with Gasteiger partial charge in [-0.25, -0.2) is 0 Å². The zero-order valence-corrected chi connectivity index (χ0v) is 11.8. The van der Waals surface area contributed by atoms with E-state index in [0.717, 1.165) is 18.5 Å². The van der Waals surface area contributed by atoms with Gasteiger partial charge in [0.25, 0.3) is 5.91 Å². The predicted molar refractivity (Wildman–Crippen MR) is 72.9 cm³/mol. The molecule has 2 unspecified atom stereocenters. The molecule has 6 heteroatoms. The SMILES string of the molecule is O=C1c2cc3c(cc2[C@H]2C4C(CCN14)[C@@H]1O[C@@H]1[C@H]2O)OCO3. The second kappa shape index (κ2) is 3.58. The van der Waals surface area contributed by atoms with Crippen LogP contribution in [0.15, 0.2) is 12.1 Å². The van der Waals surface area contributed by atoms with Gasteiger partial charge in [-0.2, -0.15) is 0 Å². The van der Waals surface area contributed by atoms with Gasteiger partial charge in [-0.1, -0.05) is 0 Å². The summed E-state index contributed by atoms with van der Waals surface area (Å²) in [5, 5.41) is 10.7. The summed E-state index contributed by atoms with van der Waals surface area (Å²) < 4.78 is 16.6. The van der Waals surface area contributed by atoms with Crippen molar-refractivity contribution in [3.05, 3.63) is 23.3 Å². The maximum absolute atomic E-state index is 12.9. The van der Waals surface area contributed by atoms with E-state index >= 15 is 0 Å². The Labute approximate surface area is 126 Å². The molecule has 114 valence electrons. The van der Waals surface area contributed by atoms with Gasteiger partial charge in [-0.05, 0) is 24.1 Å². The van der Waals surface area contributed by atoms with Crippen molar-refractivity contribution in [3.63, 3.8) is 0 Å². The van der Waals surface area contributed by atoms with Gasteiger partial charge in [-0.3, -0.25) is 4.79 Å². The highest BCUT2D eigenvalue weighted by molar-refractivity contribution is 5.98. The van der Waals surface area contributed by atoms with Crippen molar-refractivity contribution in [2.75, 3.05) is 13.3 Å². The number of aliphatic hydroxyl groups excluding tert-OH is 1. The molecule has 4 heterocycles. The van der Waals surface area contributed by atoms with Crippen molar-refractivity contribution in [1.82, 2.24) is 4.90 Å². The molecule has 2 saturated heterocycles. The summed E-state index contributed by atoms with van der Waals surface area (Å²) in [7, 11) is 0. The zero-order chi connectivity index (χ0) is 14.6. The van der Waals surface area contributed by atoms with Crippen LogP contribution in [0.3, 0.4) is 0 Å². The van der Waals surface area contributed by atoms with Crippen LogP contribution < -0.4 is 9.47 Å². The number of benzene rings is 1. The van der Waals surface area contributed by atoms with Crippen molar-refractivity contribution in [3.8, 4) is 11.5 Å². The molecule has 22 heavy (non-hydrogen) atoms. The normalized spacial score (nSPS) is 42.8. The molecule has 1 aromatic carbocycles. The monoisotopic (exact) mass is 301 g/mol. The molecular weight excluding hydrogens is 286 g/mol. The van der Waals surface area contributed by atoms with Crippen molar-refractivity contribution in [1.29, 1.82) is 0 Å². The van der Waals surface area contributed by atoms with E-state index in [1.165, 1.54) is 0 Å². The Morgan fingerprint density at radius 1 is 1.18 bits per heavy atom. The van der Waals surface area contributed by atoms with Crippen molar-refractivity contribution in [2.45, 2.75) is 36.7 Å². The van der Waals surface area contributed by atoms with Crippen LogP contribution >= 0.6 is 0 Å². The minimum Gasteiger partial charge on any atom is -0.454 e. The number of carbonyl (C=O) groups excluding carboxylic acids is 1. The summed E-state index contributed by atoms with van der Waals surface area (Å²) >= 11 is 0. The summed E-state index contributed by atoms with van der Waals surface area (Å²) in [4.78, 5) is 14.8. The number of nitrogens with zero attached hydrogens (tertiary/aromatic N) is 1. The Balaban J connectivity index is 1.58. The first-order chi connectivity index (χ1) is 10.7. The fraction of sp³-hybridized carbons (Fsp3) is 0.562. The molecular formula is C16H15NO5. The lowest BCUT2D eigenvalue weighted by Crippen LogP contribution is -2.54. The average Bonchev–Trinajstić information content (AvgIpc) is 3.00. The lowest BCUT2D eigenvalue weighted by Gasteiger charge is -2.44. The van der Waals surface area contributed by atoms with Gasteiger partial charge in [-0.15, -0.1) is 0 Å². The van der Waals surface area contributed by atoms with E-state index in [9.17, 15) is 9.90 Å². The number of aliphatic hydroxyl groups is 1. The number of rotatable bonds is 0. The maximum Gasteiger partial charge on any atom is 0.254 e. The minimum atomic E-state index is -0.556. The molecule has 1 N–H and O–H groups in total. The molecule has 0 spiro atoms. The van der Waals surface area contributed by atoms with Crippen molar-refractivity contribution >= 4 is 5.91 Å². The summed E-state index contributed by atoms with van der Waals surface area (Å²) in [6, 6.07) is 3.72. The number of hydrogen-bond donors (Lipinski definition) is 1. The summed E-state index contributed by atoms with van der Waals surface area (Å²) in [5.41, 5.74) is 1.54. The van der Waals surface area contributed by atoms with Gasteiger partial charge in [0.15, 0.2) is 11.5 Å². The third-order valence-electron chi connectivity index (χ3n) is 5.95. The minimum absolute atomic E-state index is 0.0448. The molecule has 4 aliphatic heterocycles. The van der Waals surface area contributed by atoms with Gasteiger partial charge < -0.3 is 24.2 Å². The second-order valence-electron chi connectivity index (χ2n) is 6.82. The van der Waals surface area contributed by atoms with Crippen LogP contribution in [0, 0.1) is 5.92 Å². The standard InChI is InChI=1S/C16H15NO5/c18-13-11-7-3-9-10(21-5-20-9)4-8(7)16(19)17-2-1-6(12(11)17)14-15(13)22-14/h3-4,6,11-15,18H,1-2,5H2/t6?,11-,12?,13-,14-,15+/m0/s1. The van der Waals surface area contributed by atoms with Crippen LogP contribution in [0.5, 0.6) is 11.5 Å². The highest BCUT2D eigenvalue weighted by Crippen LogP contribution is 2.56. The van der Waals surface area contributed by atoms with Crippen LogP contribution in [0.1, 0.15) is 28.3 Å². The molecule has 6 nitrogen and oxygen atoms in total. The molecule has 5 aliphatic rings.